The summed E-state index contributed by atoms with van der Waals surface area (Å²) in [4.78, 5) is 2.18. The highest BCUT2D eigenvalue weighted by molar-refractivity contribution is 9.10. The average molecular weight is 385 g/mol. The van der Waals surface area contributed by atoms with Gasteiger partial charge in [-0.15, -0.1) is 0 Å². The van der Waals surface area contributed by atoms with Gasteiger partial charge in [0.2, 0.25) is 0 Å². The molecule has 0 unspecified atom stereocenters. The van der Waals surface area contributed by atoms with Crippen molar-refractivity contribution in [2.45, 2.75) is 13.2 Å². The monoisotopic (exact) mass is 383 g/mol. The summed E-state index contributed by atoms with van der Waals surface area (Å²) in [6.45, 7) is 0.902. The van der Waals surface area contributed by atoms with E-state index < -0.39 is 0 Å². The second kappa shape index (κ2) is 6.55. The molecule has 0 aliphatic rings. The lowest BCUT2D eigenvalue weighted by Crippen LogP contribution is -2.16. The van der Waals surface area contributed by atoms with Crippen LogP contribution in [0.2, 0.25) is 0 Å². The Bertz CT molecular complexity index is 555. The van der Waals surface area contributed by atoms with Gasteiger partial charge in [-0.05, 0) is 51.3 Å². The molecule has 0 aromatic heterocycles. The minimum Gasteiger partial charge on any atom is -0.392 e. The molecule has 0 saturated carbocycles. The fourth-order valence-corrected chi connectivity index (χ4v) is 2.90. The van der Waals surface area contributed by atoms with E-state index in [0.717, 1.165) is 26.7 Å². The Labute approximate surface area is 130 Å². The lowest BCUT2D eigenvalue weighted by atomic mass is 10.2. The molecule has 1 N–H and O–H groups in total. The van der Waals surface area contributed by atoms with Gasteiger partial charge in [0.25, 0.3) is 0 Å². The Morgan fingerprint density at radius 2 is 1.63 bits per heavy atom. The van der Waals surface area contributed by atoms with Crippen molar-refractivity contribution in [3.63, 3.8) is 0 Å². The predicted octanol–water partition coefficient (Wildman–Crippen LogP) is 4.34. The minimum absolute atomic E-state index is 0.0648. The molecule has 0 amide bonds. The summed E-state index contributed by atoms with van der Waals surface area (Å²) in [6, 6.07) is 14.2. The van der Waals surface area contributed by atoms with Gasteiger partial charge in [0.05, 0.1) is 12.3 Å². The molecule has 0 saturated heterocycles. The average Bonchev–Trinajstić information content (AvgIpc) is 2.41. The molecule has 0 heterocycles. The Kier molecular flexibility index (Phi) is 5.02. The maximum atomic E-state index is 9.11. The minimum atomic E-state index is 0.0648. The van der Waals surface area contributed by atoms with Crippen molar-refractivity contribution in [1.82, 2.24) is 0 Å². The van der Waals surface area contributed by atoms with E-state index in [1.807, 2.05) is 30.3 Å². The van der Waals surface area contributed by atoms with Gasteiger partial charge in [0.15, 0.2) is 0 Å². The number of anilines is 1. The number of halogens is 2. The Balaban J connectivity index is 2.15. The van der Waals surface area contributed by atoms with Gasteiger partial charge in [-0.2, -0.15) is 0 Å². The van der Waals surface area contributed by atoms with Crippen LogP contribution in [0.3, 0.4) is 0 Å². The number of benzene rings is 2. The summed E-state index contributed by atoms with van der Waals surface area (Å²) < 4.78 is 2.09. The van der Waals surface area contributed by atoms with Crippen LogP contribution in [0.1, 0.15) is 11.1 Å². The summed E-state index contributed by atoms with van der Waals surface area (Å²) in [5.74, 6) is 0. The van der Waals surface area contributed by atoms with Crippen LogP contribution in [0.25, 0.3) is 0 Å². The number of hydrogen-bond acceptors (Lipinski definition) is 2. The van der Waals surface area contributed by atoms with E-state index in [2.05, 4.69) is 55.9 Å². The standard InChI is InChI=1S/C15H15Br2NO/c1-18(9-11-2-5-13(16)6-3-11)15-7-4-12(10-19)8-14(15)17/h2-8,19H,9-10H2,1H3. The molecule has 0 bridgehead atoms. The number of aliphatic hydroxyl groups is 1. The van der Waals surface area contributed by atoms with Crippen molar-refractivity contribution >= 4 is 37.5 Å². The summed E-state index contributed by atoms with van der Waals surface area (Å²) in [7, 11) is 2.06. The molecule has 0 radical (unpaired) electrons. The van der Waals surface area contributed by atoms with Gasteiger partial charge in [0.1, 0.15) is 0 Å². The highest BCUT2D eigenvalue weighted by atomic mass is 79.9. The first kappa shape index (κ1) is 14.6. The van der Waals surface area contributed by atoms with Gasteiger partial charge >= 0.3 is 0 Å². The molecule has 2 nitrogen and oxygen atoms in total. The zero-order valence-electron chi connectivity index (χ0n) is 10.6. The normalized spacial score (nSPS) is 10.5. The summed E-state index contributed by atoms with van der Waals surface area (Å²) in [5.41, 5.74) is 3.27. The van der Waals surface area contributed by atoms with Gasteiger partial charge in [-0.1, -0.05) is 34.1 Å². The third-order valence-electron chi connectivity index (χ3n) is 2.94. The highest BCUT2D eigenvalue weighted by Gasteiger charge is 2.07. The van der Waals surface area contributed by atoms with Crippen LogP contribution in [0, 0.1) is 0 Å². The number of hydrogen-bond donors (Lipinski definition) is 1. The van der Waals surface area contributed by atoms with Gasteiger partial charge < -0.3 is 10.0 Å². The van der Waals surface area contributed by atoms with Crippen LogP contribution in [0.15, 0.2) is 51.4 Å². The molecule has 4 heteroatoms. The highest BCUT2D eigenvalue weighted by Crippen LogP contribution is 2.27. The van der Waals surface area contributed by atoms with Gasteiger partial charge in [-0.25, -0.2) is 0 Å². The van der Waals surface area contributed by atoms with Crippen LogP contribution < -0.4 is 4.90 Å². The summed E-state index contributed by atoms with van der Waals surface area (Å²) >= 11 is 6.99. The van der Waals surface area contributed by atoms with Crippen LogP contribution in [-0.2, 0) is 13.2 Å². The van der Waals surface area contributed by atoms with Crippen molar-refractivity contribution in [3.05, 3.63) is 62.5 Å². The molecular weight excluding hydrogens is 370 g/mol. The van der Waals surface area contributed by atoms with E-state index in [1.165, 1.54) is 5.56 Å². The third kappa shape index (κ3) is 3.81. The van der Waals surface area contributed by atoms with E-state index in [1.54, 1.807) is 0 Å². The molecule has 2 rings (SSSR count). The lowest BCUT2D eigenvalue weighted by molar-refractivity contribution is 0.282. The Morgan fingerprint density at radius 1 is 1.00 bits per heavy atom. The molecule has 0 spiro atoms. The molecule has 0 fully saturated rings. The van der Waals surface area contributed by atoms with Crippen LogP contribution in [0.5, 0.6) is 0 Å². The van der Waals surface area contributed by atoms with Crippen molar-refractivity contribution in [2.24, 2.45) is 0 Å². The van der Waals surface area contributed by atoms with Crippen LogP contribution in [-0.4, -0.2) is 12.2 Å². The smallest absolute Gasteiger partial charge is 0.0682 e. The molecule has 2 aromatic rings. The van der Waals surface area contributed by atoms with Crippen molar-refractivity contribution in [2.75, 3.05) is 11.9 Å². The first-order valence-corrected chi connectivity index (χ1v) is 7.53. The maximum absolute atomic E-state index is 9.11. The Hall–Kier alpha value is -0.840. The largest absolute Gasteiger partial charge is 0.392 e. The summed E-state index contributed by atoms with van der Waals surface area (Å²) in [6.07, 6.45) is 0. The van der Waals surface area contributed by atoms with Gasteiger partial charge in [0, 0.05) is 22.5 Å². The van der Waals surface area contributed by atoms with E-state index in [-0.39, 0.29) is 6.61 Å². The molecule has 0 atom stereocenters. The molecule has 0 aliphatic heterocycles. The van der Waals surface area contributed by atoms with Crippen LogP contribution in [0.4, 0.5) is 5.69 Å². The Morgan fingerprint density at radius 3 is 2.21 bits per heavy atom. The first-order chi connectivity index (χ1) is 9.10. The predicted molar refractivity (Wildman–Crippen MR) is 86.3 cm³/mol. The molecule has 19 heavy (non-hydrogen) atoms. The number of rotatable bonds is 4. The lowest BCUT2D eigenvalue weighted by Gasteiger charge is -2.21. The van der Waals surface area contributed by atoms with Crippen molar-refractivity contribution < 1.29 is 5.11 Å². The number of nitrogens with zero attached hydrogens (tertiary/aromatic N) is 1. The fourth-order valence-electron chi connectivity index (χ4n) is 1.91. The summed E-state index contributed by atoms with van der Waals surface area (Å²) in [5, 5.41) is 9.11. The third-order valence-corrected chi connectivity index (χ3v) is 4.10. The molecular formula is C15H15Br2NO. The molecule has 2 aromatic carbocycles. The fraction of sp³-hybridized carbons (Fsp3) is 0.200. The first-order valence-electron chi connectivity index (χ1n) is 5.95. The second-order valence-corrected chi connectivity index (χ2v) is 6.20. The topological polar surface area (TPSA) is 23.5 Å². The SMILES string of the molecule is CN(Cc1ccc(Br)cc1)c1ccc(CO)cc1Br. The van der Waals surface area contributed by atoms with E-state index in [4.69, 9.17) is 5.11 Å². The second-order valence-electron chi connectivity index (χ2n) is 4.43. The van der Waals surface area contributed by atoms with Crippen molar-refractivity contribution in [3.8, 4) is 0 Å². The van der Waals surface area contributed by atoms with Gasteiger partial charge in [-0.3, -0.25) is 0 Å². The zero-order chi connectivity index (χ0) is 13.8. The number of aliphatic hydroxyl groups excluding tert-OH is 1. The van der Waals surface area contributed by atoms with E-state index >= 15 is 0 Å². The maximum Gasteiger partial charge on any atom is 0.0682 e. The van der Waals surface area contributed by atoms with E-state index in [0.29, 0.717) is 0 Å². The van der Waals surface area contributed by atoms with E-state index in [9.17, 15) is 0 Å². The zero-order valence-corrected chi connectivity index (χ0v) is 13.8. The van der Waals surface area contributed by atoms with Crippen molar-refractivity contribution in [1.29, 1.82) is 0 Å². The molecule has 100 valence electrons. The molecule has 0 aliphatic carbocycles. The quantitative estimate of drug-likeness (QED) is 0.847. The van der Waals surface area contributed by atoms with Crippen LogP contribution >= 0.6 is 31.9 Å².